The molecule has 19 heavy (non-hydrogen) atoms. The zero-order valence-electron chi connectivity index (χ0n) is 12.2. The number of hydrogen-bond donors (Lipinski definition) is 2. The fraction of sp³-hybridized carbons (Fsp3) is 0.647. The first-order valence-electron chi connectivity index (χ1n) is 7.40. The molecule has 2 atom stereocenters. The van der Waals surface area contributed by atoms with Crippen molar-refractivity contribution in [1.29, 1.82) is 0 Å². The summed E-state index contributed by atoms with van der Waals surface area (Å²) in [6, 6.07) is 3.59. The lowest BCUT2D eigenvalue weighted by molar-refractivity contribution is 0.0405. The molecule has 0 radical (unpaired) electrons. The Hall–Kier alpha value is -1.18. The molecule has 2 N–H and O–H groups in total. The number of phenols is 2. The van der Waals surface area contributed by atoms with E-state index in [1.165, 1.54) is 36.8 Å². The van der Waals surface area contributed by atoms with Crippen LogP contribution in [0.2, 0.25) is 0 Å². The maximum absolute atomic E-state index is 9.86. The van der Waals surface area contributed by atoms with E-state index in [0.717, 1.165) is 6.42 Å². The third kappa shape index (κ3) is 1.76. The van der Waals surface area contributed by atoms with Gasteiger partial charge in [-0.05, 0) is 65.7 Å². The van der Waals surface area contributed by atoms with Gasteiger partial charge < -0.3 is 10.2 Å². The van der Waals surface area contributed by atoms with Crippen molar-refractivity contribution >= 4 is 0 Å². The average molecular weight is 260 g/mol. The minimum atomic E-state index is 0.0240. The molecule has 1 aromatic carbocycles. The van der Waals surface area contributed by atoms with Crippen LogP contribution < -0.4 is 0 Å². The van der Waals surface area contributed by atoms with E-state index in [0.29, 0.717) is 11.3 Å². The van der Waals surface area contributed by atoms with Crippen molar-refractivity contribution in [3.63, 3.8) is 0 Å². The summed E-state index contributed by atoms with van der Waals surface area (Å²) < 4.78 is 0. The monoisotopic (exact) mass is 260 g/mol. The fourth-order valence-corrected chi connectivity index (χ4v) is 4.81. The lowest BCUT2D eigenvalue weighted by Gasteiger charge is -2.54. The first-order valence-corrected chi connectivity index (χ1v) is 7.40. The van der Waals surface area contributed by atoms with Gasteiger partial charge in [0.25, 0.3) is 0 Å². The van der Waals surface area contributed by atoms with Gasteiger partial charge in [-0.2, -0.15) is 0 Å². The summed E-state index contributed by atoms with van der Waals surface area (Å²) in [6.45, 7) is 7.13. The van der Waals surface area contributed by atoms with Crippen LogP contribution in [0.5, 0.6) is 11.5 Å². The third-order valence-corrected chi connectivity index (χ3v) is 5.75. The Bertz CT molecular complexity index is 518. The topological polar surface area (TPSA) is 40.5 Å². The van der Waals surface area contributed by atoms with Crippen molar-refractivity contribution in [2.45, 2.75) is 58.3 Å². The Kier molecular flexibility index (Phi) is 2.64. The van der Waals surface area contributed by atoms with Crippen LogP contribution in [0.4, 0.5) is 0 Å². The molecule has 2 aliphatic carbocycles. The van der Waals surface area contributed by atoms with Crippen LogP contribution in [-0.4, -0.2) is 10.2 Å². The second-order valence-corrected chi connectivity index (χ2v) is 7.35. The minimum Gasteiger partial charge on any atom is -0.504 e. The molecule has 1 fully saturated rings. The Morgan fingerprint density at radius 1 is 1.05 bits per heavy atom. The molecule has 2 heteroatoms. The van der Waals surface area contributed by atoms with Crippen LogP contribution in [0.1, 0.15) is 57.6 Å². The van der Waals surface area contributed by atoms with Gasteiger partial charge in [-0.15, -0.1) is 0 Å². The van der Waals surface area contributed by atoms with Gasteiger partial charge in [0.05, 0.1) is 0 Å². The molecule has 0 aliphatic heterocycles. The summed E-state index contributed by atoms with van der Waals surface area (Å²) in [7, 11) is 0. The quantitative estimate of drug-likeness (QED) is 0.689. The van der Waals surface area contributed by atoms with E-state index in [-0.39, 0.29) is 16.9 Å². The Balaban J connectivity index is 2.14. The molecule has 2 aliphatic rings. The summed E-state index contributed by atoms with van der Waals surface area (Å²) in [4.78, 5) is 0. The summed E-state index contributed by atoms with van der Waals surface area (Å²) in [5.41, 5.74) is 3.03. The summed E-state index contributed by atoms with van der Waals surface area (Å²) >= 11 is 0. The average Bonchev–Trinajstić information content (AvgIpc) is 2.30. The summed E-state index contributed by atoms with van der Waals surface area (Å²) in [5.74, 6) is 0.727. The summed E-state index contributed by atoms with van der Waals surface area (Å²) in [6.07, 6.45) is 5.96. The van der Waals surface area contributed by atoms with Gasteiger partial charge in [0, 0.05) is 0 Å². The van der Waals surface area contributed by atoms with Crippen molar-refractivity contribution in [3.05, 3.63) is 23.3 Å². The number of benzene rings is 1. The van der Waals surface area contributed by atoms with Crippen LogP contribution >= 0.6 is 0 Å². The molecular weight excluding hydrogens is 236 g/mol. The number of hydrogen-bond acceptors (Lipinski definition) is 2. The molecule has 2 unspecified atom stereocenters. The molecule has 0 aromatic heterocycles. The predicted molar refractivity (Wildman–Crippen MR) is 76.6 cm³/mol. The molecule has 1 aromatic rings. The largest absolute Gasteiger partial charge is 0.504 e. The molecule has 0 amide bonds. The third-order valence-electron chi connectivity index (χ3n) is 5.75. The standard InChI is InChI=1S/C17H24O2/c1-16(2)7-4-8-17(3)12-10-14(19)13(18)9-11(12)5-6-15(16)17/h9-10,15,18-19H,4-8H2,1-3H3. The van der Waals surface area contributed by atoms with Crippen molar-refractivity contribution in [3.8, 4) is 11.5 Å². The van der Waals surface area contributed by atoms with Crippen LogP contribution in [-0.2, 0) is 11.8 Å². The van der Waals surface area contributed by atoms with E-state index in [2.05, 4.69) is 20.8 Å². The molecule has 104 valence electrons. The van der Waals surface area contributed by atoms with Crippen molar-refractivity contribution in [1.82, 2.24) is 0 Å². The minimum absolute atomic E-state index is 0.0240. The van der Waals surface area contributed by atoms with E-state index in [9.17, 15) is 10.2 Å². The number of rotatable bonds is 0. The molecular formula is C17H24O2. The smallest absolute Gasteiger partial charge is 0.157 e. The zero-order valence-corrected chi connectivity index (χ0v) is 12.2. The highest BCUT2D eigenvalue weighted by atomic mass is 16.3. The number of phenolic OH excluding ortho intramolecular Hbond substituents is 2. The Labute approximate surface area is 115 Å². The van der Waals surface area contributed by atoms with Crippen molar-refractivity contribution < 1.29 is 10.2 Å². The number of aryl methyl sites for hydroxylation is 1. The fourth-order valence-electron chi connectivity index (χ4n) is 4.81. The van der Waals surface area contributed by atoms with Crippen LogP contribution in [0, 0.1) is 11.3 Å². The van der Waals surface area contributed by atoms with Crippen molar-refractivity contribution in [2.24, 2.45) is 11.3 Å². The van der Waals surface area contributed by atoms with E-state index >= 15 is 0 Å². The highest BCUT2D eigenvalue weighted by Gasteiger charge is 2.49. The van der Waals surface area contributed by atoms with E-state index < -0.39 is 0 Å². The maximum atomic E-state index is 9.86. The van der Waals surface area contributed by atoms with Crippen molar-refractivity contribution in [2.75, 3.05) is 0 Å². The van der Waals surface area contributed by atoms with E-state index in [1.807, 2.05) is 6.07 Å². The van der Waals surface area contributed by atoms with Gasteiger partial charge in [0.15, 0.2) is 11.5 Å². The normalized spacial score (nSPS) is 32.5. The van der Waals surface area contributed by atoms with Crippen LogP contribution in [0.3, 0.4) is 0 Å². The predicted octanol–water partition coefficient (Wildman–Crippen LogP) is 4.13. The Morgan fingerprint density at radius 2 is 1.74 bits per heavy atom. The zero-order chi connectivity index (χ0) is 13.8. The van der Waals surface area contributed by atoms with Gasteiger partial charge in [-0.1, -0.05) is 27.2 Å². The molecule has 3 rings (SSSR count). The molecule has 0 bridgehead atoms. The molecule has 0 spiro atoms. The van der Waals surface area contributed by atoms with Gasteiger partial charge in [0.2, 0.25) is 0 Å². The molecule has 1 saturated carbocycles. The van der Waals surface area contributed by atoms with E-state index in [1.54, 1.807) is 6.07 Å². The van der Waals surface area contributed by atoms with Crippen LogP contribution in [0.15, 0.2) is 12.1 Å². The lowest BCUT2D eigenvalue weighted by Crippen LogP contribution is -2.47. The van der Waals surface area contributed by atoms with Gasteiger partial charge in [0.1, 0.15) is 0 Å². The number of aromatic hydroxyl groups is 2. The molecule has 0 saturated heterocycles. The second-order valence-electron chi connectivity index (χ2n) is 7.35. The highest BCUT2D eigenvalue weighted by molar-refractivity contribution is 5.50. The SMILES string of the molecule is CC1(C)CCCC2(C)c3cc(O)c(O)cc3CCC12. The van der Waals surface area contributed by atoms with Gasteiger partial charge in [-0.25, -0.2) is 0 Å². The summed E-state index contributed by atoms with van der Waals surface area (Å²) in [5, 5.41) is 19.6. The number of fused-ring (bicyclic) bond motifs is 3. The maximum Gasteiger partial charge on any atom is 0.157 e. The molecule has 2 nitrogen and oxygen atoms in total. The van der Waals surface area contributed by atoms with Crippen LogP contribution in [0.25, 0.3) is 0 Å². The van der Waals surface area contributed by atoms with E-state index in [4.69, 9.17) is 0 Å². The Morgan fingerprint density at radius 3 is 2.47 bits per heavy atom. The first kappa shape index (κ1) is 12.8. The highest BCUT2D eigenvalue weighted by Crippen LogP contribution is 2.57. The first-order chi connectivity index (χ1) is 8.84. The molecule has 0 heterocycles. The van der Waals surface area contributed by atoms with Gasteiger partial charge >= 0.3 is 0 Å². The lowest BCUT2D eigenvalue weighted by atomic mass is 9.50. The second kappa shape index (κ2) is 3.91. The van der Waals surface area contributed by atoms with Gasteiger partial charge in [-0.3, -0.25) is 0 Å².